The summed E-state index contributed by atoms with van der Waals surface area (Å²) in [7, 11) is 0. The van der Waals surface area contributed by atoms with Crippen LogP contribution in [0.25, 0.3) is 0 Å². The van der Waals surface area contributed by atoms with Gasteiger partial charge in [-0.2, -0.15) is 0 Å². The number of benzene rings is 1. The first kappa shape index (κ1) is 15.2. The van der Waals surface area contributed by atoms with Crippen LogP contribution >= 0.6 is 23.2 Å². The van der Waals surface area contributed by atoms with E-state index in [0.29, 0.717) is 17.1 Å². The van der Waals surface area contributed by atoms with Crippen molar-refractivity contribution in [2.75, 3.05) is 0 Å². The molecule has 1 atom stereocenters. The molecule has 0 heterocycles. The molecule has 3 heteroatoms. The monoisotopic (exact) mass is 299 g/mol. The molecule has 106 valence electrons. The molecule has 0 radical (unpaired) electrons. The van der Waals surface area contributed by atoms with Gasteiger partial charge in [-0.3, -0.25) is 0 Å². The molecule has 0 aromatic heterocycles. The topological polar surface area (TPSA) is 12.0 Å². The zero-order valence-electron chi connectivity index (χ0n) is 11.8. The van der Waals surface area contributed by atoms with Crippen molar-refractivity contribution in [1.82, 2.24) is 5.32 Å². The lowest BCUT2D eigenvalue weighted by atomic mass is 9.86. The molecule has 0 aliphatic heterocycles. The second-order valence-electron chi connectivity index (χ2n) is 5.75. The Morgan fingerprint density at radius 2 is 1.89 bits per heavy atom. The van der Waals surface area contributed by atoms with E-state index in [2.05, 4.69) is 25.2 Å². The summed E-state index contributed by atoms with van der Waals surface area (Å²) in [5.41, 5.74) is 1.17. The lowest BCUT2D eigenvalue weighted by molar-refractivity contribution is 0.284. The van der Waals surface area contributed by atoms with Gasteiger partial charge in [0, 0.05) is 22.1 Å². The number of hydrogen-bond acceptors (Lipinski definition) is 1. The average Bonchev–Trinajstić information content (AvgIpc) is 2.39. The predicted molar refractivity (Wildman–Crippen MR) is 84.0 cm³/mol. The minimum Gasteiger partial charge on any atom is -0.307 e. The number of rotatable bonds is 4. The van der Waals surface area contributed by atoms with Gasteiger partial charge in [0.2, 0.25) is 0 Å². The Morgan fingerprint density at radius 1 is 1.21 bits per heavy atom. The molecule has 1 unspecified atom stereocenters. The smallest absolute Gasteiger partial charge is 0.0468 e. The Kier molecular flexibility index (Phi) is 5.56. The van der Waals surface area contributed by atoms with E-state index in [1.165, 1.54) is 31.2 Å². The van der Waals surface area contributed by atoms with Gasteiger partial charge in [0.1, 0.15) is 0 Å². The van der Waals surface area contributed by atoms with Crippen LogP contribution in [-0.4, -0.2) is 6.04 Å². The second kappa shape index (κ2) is 6.97. The van der Waals surface area contributed by atoms with Gasteiger partial charge in [-0.1, -0.05) is 43.1 Å². The highest BCUT2D eigenvalue weighted by molar-refractivity contribution is 6.35. The fraction of sp³-hybridized carbons (Fsp3) is 0.625. The summed E-state index contributed by atoms with van der Waals surface area (Å²) in [4.78, 5) is 0. The molecule has 1 aliphatic carbocycles. The van der Waals surface area contributed by atoms with Crippen molar-refractivity contribution in [1.29, 1.82) is 0 Å². The molecule has 1 fully saturated rings. The maximum Gasteiger partial charge on any atom is 0.0468 e. The van der Waals surface area contributed by atoms with Gasteiger partial charge in [-0.05, 0) is 55.7 Å². The first-order chi connectivity index (χ1) is 9.10. The van der Waals surface area contributed by atoms with Gasteiger partial charge in [-0.15, -0.1) is 0 Å². The quantitative estimate of drug-likeness (QED) is 0.761. The number of halogens is 2. The lowest BCUT2D eigenvalue weighted by Gasteiger charge is -2.31. The molecular weight excluding hydrogens is 277 g/mol. The normalized spacial score (nSPS) is 25.3. The van der Waals surface area contributed by atoms with Gasteiger partial charge in [0.15, 0.2) is 0 Å². The molecule has 0 amide bonds. The largest absolute Gasteiger partial charge is 0.307 e. The Hall–Kier alpha value is -0.240. The third-order valence-electron chi connectivity index (χ3n) is 4.20. The summed E-state index contributed by atoms with van der Waals surface area (Å²) in [6, 6.07) is 6.79. The van der Waals surface area contributed by atoms with E-state index in [9.17, 15) is 0 Å². The van der Waals surface area contributed by atoms with Crippen LogP contribution in [0.1, 0.15) is 57.6 Å². The number of hydrogen-bond donors (Lipinski definition) is 1. The molecule has 0 bridgehead atoms. The highest BCUT2D eigenvalue weighted by Gasteiger charge is 2.22. The van der Waals surface area contributed by atoms with Crippen LogP contribution in [0.4, 0.5) is 0 Å². The van der Waals surface area contributed by atoms with Crippen LogP contribution in [0.3, 0.4) is 0 Å². The second-order valence-corrected chi connectivity index (χ2v) is 6.59. The standard InChI is InChI=1S/C16H23Cl2N/c1-3-16(14-9-6-12(17)10-15(14)18)19-13-7-4-11(2)5-8-13/h6,9-11,13,16,19H,3-5,7-8H2,1-2H3. The molecule has 0 spiro atoms. The first-order valence-corrected chi connectivity index (χ1v) is 8.06. The van der Waals surface area contributed by atoms with Crippen molar-refractivity contribution in [2.45, 2.75) is 58.0 Å². The zero-order valence-corrected chi connectivity index (χ0v) is 13.3. The van der Waals surface area contributed by atoms with E-state index in [1.807, 2.05) is 12.1 Å². The minimum atomic E-state index is 0.336. The van der Waals surface area contributed by atoms with E-state index < -0.39 is 0 Å². The van der Waals surface area contributed by atoms with Crippen molar-refractivity contribution >= 4 is 23.2 Å². The summed E-state index contributed by atoms with van der Waals surface area (Å²) in [6.45, 7) is 4.55. The maximum absolute atomic E-state index is 6.32. The van der Waals surface area contributed by atoms with E-state index in [-0.39, 0.29) is 0 Å². The summed E-state index contributed by atoms with van der Waals surface area (Å²) >= 11 is 12.3. The SMILES string of the molecule is CCC(NC1CCC(C)CC1)c1ccc(Cl)cc1Cl. The third kappa shape index (κ3) is 4.11. The molecule has 19 heavy (non-hydrogen) atoms. The Bertz CT molecular complexity index is 411. The Labute approximate surface area is 126 Å². The molecule has 0 saturated heterocycles. The molecule has 1 aromatic rings. The van der Waals surface area contributed by atoms with Crippen molar-refractivity contribution < 1.29 is 0 Å². The molecule has 2 rings (SSSR count). The van der Waals surface area contributed by atoms with Crippen LogP contribution in [0, 0.1) is 5.92 Å². The van der Waals surface area contributed by atoms with Crippen LogP contribution in [-0.2, 0) is 0 Å². The number of nitrogens with one attached hydrogen (secondary N) is 1. The van der Waals surface area contributed by atoms with E-state index >= 15 is 0 Å². The van der Waals surface area contributed by atoms with Crippen LogP contribution in [0.15, 0.2) is 18.2 Å². The van der Waals surface area contributed by atoms with E-state index in [0.717, 1.165) is 17.4 Å². The highest BCUT2D eigenvalue weighted by atomic mass is 35.5. The molecular formula is C16H23Cl2N. The molecule has 1 aliphatic rings. The Balaban J connectivity index is 2.03. The highest BCUT2D eigenvalue weighted by Crippen LogP contribution is 2.31. The van der Waals surface area contributed by atoms with Crippen molar-refractivity contribution in [3.63, 3.8) is 0 Å². The summed E-state index contributed by atoms with van der Waals surface area (Å²) < 4.78 is 0. The molecule has 1 nitrogen and oxygen atoms in total. The van der Waals surface area contributed by atoms with Gasteiger partial charge in [-0.25, -0.2) is 0 Å². The third-order valence-corrected chi connectivity index (χ3v) is 4.76. The van der Waals surface area contributed by atoms with Gasteiger partial charge < -0.3 is 5.32 Å². The van der Waals surface area contributed by atoms with E-state index in [1.54, 1.807) is 0 Å². The maximum atomic E-state index is 6.32. The minimum absolute atomic E-state index is 0.336. The van der Waals surface area contributed by atoms with Crippen LogP contribution < -0.4 is 5.32 Å². The van der Waals surface area contributed by atoms with Gasteiger partial charge in [0.05, 0.1) is 0 Å². The van der Waals surface area contributed by atoms with Crippen LogP contribution in [0.2, 0.25) is 10.0 Å². The fourth-order valence-electron chi connectivity index (χ4n) is 2.92. The molecule has 1 saturated carbocycles. The predicted octanol–water partition coefficient (Wildman–Crippen LogP) is 5.61. The average molecular weight is 300 g/mol. The summed E-state index contributed by atoms with van der Waals surface area (Å²) in [5.74, 6) is 0.886. The summed E-state index contributed by atoms with van der Waals surface area (Å²) in [6.07, 6.45) is 6.28. The zero-order chi connectivity index (χ0) is 13.8. The first-order valence-electron chi connectivity index (χ1n) is 7.31. The Morgan fingerprint density at radius 3 is 2.47 bits per heavy atom. The summed E-state index contributed by atoms with van der Waals surface area (Å²) in [5, 5.41) is 5.25. The van der Waals surface area contributed by atoms with Crippen molar-refractivity contribution in [3.05, 3.63) is 33.8 Å². The lowest BCUT2D eigenvalue weighted by Crippen LogP contribution is -2.35. The fourth-order valence-corrected chi connectivity index (χ4v) is 3.46. The van der Waals surface area contributed by atoms with Gasteiger partial charge in [0.25, 0.3) is 0 Å². The van der Waals surface area contributed by atoms with E-state index in [4.69, 9.17) is 23.2 Å². The van der Waals surface area contributed by atoms with Crippen molar-refractivity contribution in [3.8, 4) is 0 Å². The van der Waals surface area contributed by atoms with Crippen LogP contribution in [0.5, 0.6) is 0 Å². The van der Waals surface area contributed by atoms with Gasteiger partial charge >= 0.3 is 0 Å². The molecule has 1 aromatic carbocycles. The van der Waals surface area contributed by atoms with Crippen molar-refractivity contribution in [2.24, 2.45) is 5.92 Å². The molecule has 1 N–H and O–H groups in total.